The van der Waals surface area contributed by atoms with E-state index in [9.17, 15) is 4.79 Å². The molecule has 6 nitrogen and oxygen atoms in total. The van der Waals surface area contributed by atoms with Crippen molar-refractivity contribution < 1.29 is 4.79 Å². The van der Waals surface area contributed by atoms with E-state index in [4.69, 9.17) is 5.26 Å². The molecule has 3 rings (SSSR count). The monoisotopic (exact) mass is 367 g/mol. The molecule has 0 radical (unpaired) electrons. The van der Waals surface area contributed by atoms with Crippen molar-refractivity contribution >= 4 is 11.9 Å². The number of nitriles is 1. The Morgan fingerprint density at radius 3 is 2.85 bits per heavy atom. The number of benzene rings is 1. The fourth-order valence-corrected chi connectivity index (χ4v) is 4.01. The van der Waals surface area contributed by atoms with Crippen LogP contribution in [0.3, 0.4) is 0 Å². The molecule has 0 aromatic heterocycles. The minimum atomic E-state index is 0.231. The highest BCUT2D eigenvalue weighted by Gasteiger charge is 2.31. The Morgan fingerprint density at radius 2 is 2.11 bits per heavy atom. The van der Waals surface area contributed by atoms with Crippen LogP contribution in [0.4, 0.5) is 0 Å². The van der Waals surface area contributed by atoms with Crippen LogP contribution in [0.1, 0.15) is 49.7 Å². The number of carbonyl (C=O) groups is 1. The lowest BCUT2D eigenvalue weighted by atomic mass is 9.88. The molecule has 1 atom stereocenters. The maximum atomic E-state index is 12.7. The zero-order valence-electron chi connectivity index (χ0n) is 16.1. The Labute approximate surface area is 161 Å². The van der Waals surface area contributed by atoms with Gasteiger partial charge in [0.1, 0.15) is 0 Å². The maximum absolute atomic E-state index is 12.7. The van der Waals surface area contributed by atoms with Gasteiger partial charge in [-0.05, 0) is 37.0 Å². The average molecular weight is 367 g/mol. The van der Waals surface area contributed by atoms with E-state index < -0.39 is 0 Å². The lowest BCUT2D eigenvalue weighted by molar-refractivity contribution is -0.135. The molecule has 0 spiro atoms. The SMILES string of the molecule is CN=C(NCc1cccc(C#N)c1)NC1CCN(C(=O)C2CCCCC2)C1. The molecule has 2 N–H and O–H groups in total. The first kappa shape index (κ1) is 19.2. The van der Waals surface area contributed by atoms with E-state index in [1.165, 1.54) is 19.3 Å². The van der Waals surface area contributed by atoms with Crippen LogP contribution in [-0.2, 0) is 11.3 Å². The van der Waals surface area contributed by atoms with Gasteiger partial charge >= 0.3 is 0 Å². The van der Waals surface area contributed by atoms with Crippen molar-refractivity contribution in [2.45, 2.75) is 51.1 Å². The molecule has 27 heavy (non-hydrogen) atoms. The smallest absolute Gasteiger partial charge is 0.225 e. The summed E-state index contributed by atoms with van der Waals surface area (Å²) in [6.07, 6.45) is 6.71. The fourth-order valence-electron chi connectivity index (χ4n) is 4.01. The van der Waals surface area contributed by atoms with E-state index in [-0.39, 0.29) is 12.0 Å². The minimum absolute atomic E-state index is 0.231. The number of hydrogen-bond acceptors (Lipinski definition) is 3. The van der Waals surface area contributed by atoms with E-state index in [0.29, 0.717) is 18.0 Å². The molecule has 1 heterocycles. The molecule has 0 bridgehead atoms. The summed E-state index contributed by atoms with van der Waals surface area (Å²) in [4.78, 5) is 19.0. The van der Waals surface area contributed by atoms with Gasteiger partial charge in [-0.25, -0.2) is 0 Å². The number of rotatable bonds is 4. The van der Waals surface area contributed by atoms with Gasteiger partial charge in [-0.1, -0.05) is 31.4 Å². The second-order valence-electron chi connectivity index (χ2n) is 7.49. The first-order chi connectivity index (χ1) is 13.2. The predicted molar refractivity (Wildman–Crippen MR) is 106 cm³/mol. The molecule has 1 aliphatic carbocycles. The Balaban J connectivity index is 1.47. The maximum Gasteiger partial charge on any atom is 0.225 e. The van der Waals surface area contributed by atoms with Gasteiger partial charge in [-0.15, -0.1) is 0 Å². The Bertz CT molecular complexity index is 718. The van der Waals surface area contributed by atoms with Crippen LogP contribution in [-0.4, -0.2) is 42.9 Å². The zero-order chi connectivity index (χ0) is 19.1. The molecule has 1 saturated carbocycles. The summed E-state index contributed by atoms with van der Waals surface area (Å²) in [6, 6.07) is 9.94. The molecule has 6 heteroatoms. The summed E-state index contributed by atoms with van der Waals surface area (Å²) in [5.41, 5.74) is 1.70. The van der Waals surface area contributed by atoms with Crippen molar-refractivity contribution in [3.8, 4) is 6.07 Å². The van der Waals surface area contributed by atoms with Crippen LogP contribution < -0.4 is 10.6 Å². The number of guanidine groups is 1. The third-order valence-electron chi connectivity index (χ3n) is 5.53. The van der Waals surface area contributed by atoms with Gasteiger partial charge in [0.2, 0.25) is 5.91 Å². The molecule has 1 saturated heterocycles. The topological polar surface area (TPSA) is 80.5 Å². The van der Waals surface area contributed by atoms with Crippen LogP contribution in [0.2, 0.25) is 0 Å². The van der Waals surface area contributed by atoms with Gasteiger partial charge in [0.05, 0.1) is 11.6 Å². The molecule has 1 aromatic rings. The molecule has 1 amide bonds. The summed E-state index contributed by atoms with van der Waals surface area (Å²) in [5, 5.41) is 15.7. The molecule has 1 aromatic carbocycles. The summed E-state index contributed by atoms with van der Waals surface area (Å²) in [6.45, 7) is 2.18. The third-order valence-corrected chi connectivity index (χ3v) is 5.53. The summed E-state index contributed by atoms with van der Waals surface area (Å²) in [5.74, 6) is 1.31. The lowest BCUT2D eigenvalue weighted by Gasteiger charge is -2.26. The van der Waals surface area contributed by atoms with Crippen molar-refractivity contribution in [3.63, 3.8) is 0 Å². The predicted octanol–water partition coefficient (Wildman–Crippen LogP) is 2.40. The van der Waals surface area contributed by atoms with Crippen molar-refractivity contribution in [1.29, 1.82) is 5.26 Å². The number of amides is 1. The second-order valence-corrected chi connectivity index (χ2v) is 7.49. The third kappa shape index (κ3) is 5.22. The van der Waals surface area contributed by atoms with Gasteiger partial charge in [-0.2, -0.15) is 5.26 Å². The van der Waals surface area contributed by atoms with E-state index >= 15 is 0 Å². The van der Waals surface area contributed by atoms with Crippen LogP contribution in [0, 0.1) is 17.2 Å². The van der Waals surface area contributed by atoms with Gasteiger partial charge in [-0.3, -0.25) is 9.79 Å². The van der Waals surface area contributed by atoms with Crippen LogP contribution in [0.25, 0.3) is 0 Å². The van der Waals surface area contributed by atoms with Gasteiger partial charge in [0.15, 0.2) is 5.96 Å². The van der Waals surface area contributed by atoms with Crippen molar-refractivity contribution in [3.05, 3.63) is 35.4 Å². The van der Waals surface area contributed by atoms with Crippen molar-refractivity contribution in [2.75, 3.05) is 20.1 Å². The van der Waals surface area contributed by atoms with E-state index in [1.807, 2.05) is 23.1 Å². The summed E-state index contributed by atoms with van der Waals surface area (Å²) in [7, 11) is 1.75. The van der Waals surface area contributed by atoms with Crippen LogP contribution >= 0.6 is 0 Å². The largest absolute Gasteiger partial charge is 0.352 e. The average Bonchev–Trinajstić information content (AvgIpc) is 3.19. The van der Waals surface area contributed by atoms with Crippen molar-refractivity contribution in [2.24, 2.45) is 10.9 Å². The van der Waals surface area contributed by atoms with E-state index in [1.54, 1.807) is 13.1 Å². The standard InChI is InChI=1S/C21H29N5O/c1-23-21(24-14-17-7-5-6-16(12-17)13-22)25-19-10-11-26(15-19)20(27)18-8-3-2-4-9-18/h5-7,12,18-19H,2-4,8-11,14-15H2,1H3,(H2,23,24,25). The summed E-state index contributed by atoms with van der Waals surface area (Å²) >= 11 is 0. The Hall–Kier alpha value is -2.55. The summed E-state index contributed by atoms with van der Waals surface area (Å²) < 4.78 is 0. The minimum Gasteiger partial charge on any atom is -0.352 e. The van der Waals surface area contributed by atoms with Gasteiger partial charge < -0.3 is 15.5 Å². The number of carbonyl (C=O) groups excluding carboxylic acids is 1. The number of likely N-dealkylation sites (tertiary alicyclic amines) is 1. The molecule has 2 fully saturated rings. The van der Waals surface area contributed by atoms with Gasteiger partial charge in [0, 0.05) is 38.6 Å². The quantitative estimate of drug-likeness (QED) is 0.633. The molecular formula is C21H29N5O. The zero-order valence-corrected chi connectivity index (χ0v) is 16.1. The van der Waals surface area contributed by atoms with Crippen LogP contribution in [0.5, 0.6) is 0 Å². The Morgan fingerprint density at radius 1 is 1.30 bits per heavy atom. The lowest BCUT2D eigenvalue weighted by Crippen LogP contribution is -2.45. The van der Waals surface area contributed by atoms with E-state index in [2.05, 4.69) is 21.7 Å². The highest BCUT2D eigenvalue weighted by Crippen LogP contribution is 2.26. The molecule has 1 unspecified atom stereocenters. The molecule has 144 valence electrons. The molecular weight excluding hydrogens is 338 g/mol. The highest BCUT2D eigenvalue weighted by molar-refractivity contribution is 5.81. The second kappa shape index (κ2) is 9.40. The first-order valence-electron chi connectivity index (χ1n) is 9.94. The number of nitrogens with one attached hydrogen (secondary N) is 2. The fraction of sp³-hybridized carbons (Fsp3) is 0.571. The van der Waals surface area contributed by atoms with E-state index in [0.717, 1.165) is 43.9 Å². The highest BCUT2D eigenvalue weighted by atomic mass is 16.2. The normalized spacial score (nSPS) is 21.0. The number of nitrogens with zero attached hydrogens (tertiary/aromatic N) is 3. The number of aliphatic imine (C=N–C) groups is 1. The van der Waals surface area contributed by atoms with Crippen LogP contribution in [0.15, 0.2) is 29.3 Å². The van der Waals surface area contributed by atoms with Crippen molar-refractivity contribution in [1.82, 2.24) is 15.5 Å². The molecule has 1 aliphatic heterocycles. The first-order valence-corrected chi connectivity index (χ1v) is 9.94. The Kier molecular flexibility index (Phi) is 6.69. The number of hydrogen-bond donors (Lipinski definition) is 2. The van der Waals surface area contributed by atoms with Gasteiger partial charge in [0.25, 0.3) is 0 Å². The molecule has 2 aliphatic rings.